The number of carbonyl (C=O) groups is 1. The van der Waals surface area contributed by atoms with Gasteiger partial charge in [0.05, 0.1) is 33.6 Å². The van der Waals surface area contributed by atoms with Crippen molar-refractivity contribution in [1.29, 1.82) is 0 Å². The second kappa shape index (κ2) is 10.9. The molecule has 0 N–H and O–H groups in total. The minimum absolute atomic E-state index is 0.151. The first kappa shape index (κ1) is 26.0. The van der Waals surface area contributed by atoms with E-state index in [1.165, 1.54) is 23.5 Å². The summed E-state index contributed by atoms with van der Waals surface area (Å²) in [4.78, 5) is 22.7. The van der Waals surface area contributed by atoms with Crippen molar-refractivity contribution in [2.45, 2.75) is 37.3 Å². The van der Waals surface area contributed by atoms with Gasteiger partial charge in [0.15, 0.2) is 15.0 Å². The van der Waals surface area contributed by atoms with Gasteiger partial charge < -0.3 is 4.74 Å². The van der Waals surface area contributed by atoms with E-state index in [2.05, 4.69) is 4.90 Å². The van der Waals surface area contributed by atoms with E-state index < -0.39 is 15.1 Å². The number of aromatic nitrogens is 1. The quantitative estimate of drug-likeness (QED) is 0.412. The van der Waals surface area contributed by atoms with Crippen LogP contribution < -0.4 is 4.90 Å². The summed E-state index contributed by atoms with van der Waals surface area (Å²) >= 11 is 7.67. The molecular formula is C25H30ClN3O4S2. The lowest BCUT2D eigenvalue weighted by atomic mass is 10.2. The number of rotatable bonds is 8. The summed E-state index contributed by atoms with van der Waals surface area (Å²) in [5, 5.41) is 0.630. The number of aryl methyl sites for hydroxylation is 1. The largest absolute Gasteiger partial charge is 0.379 e. The van der Waals surface area contributed by atoms with Crippen LogP contribution in [-0.4, -0.2) is 68.9 Å². The standard InChI is InChI=1S/C25H30ClN3O4S2/c1-17(2)35(31,32)21-7-4-6-19(15-21)24(30)29(9-5-8-28-10-12-33-13-11-28)25-27-23-18(3)14-20(26)16-22(23)34-25/h4,6-7,14-17H,5,8-13H2,1-3H3. The zero-order valence-corrected chi connectivity index (χ0v) is 22.5. The molecule has 2 aromatic carbocycles. The van der Waals surface area contributed by atoms with E-state index >= 15 is 0 Å². The van der Waals surface area contributed by atoms with Gasteiger partial charge in [0, 0.05) is 36.8 Å². The maximum atomic E-state index is 13.7. The first-order valence-corrected chi connectivity index (χ1v) is 14.4. The summed E-state index contributed by atoms with van der Waals surface area (Å²) in [6.45, 7) is 9.71. The molecule has 4 rings (SSSR count). The smallest absolute Gasteiger partial charge is 0.260 e. The third-order valence-electron chi connectivity index (χ3n) is 6.10. The van der Waals surface area contributed by atoms with E-state index in [-0.39, 0.29) is 10.8 Å². The molecule has 1 fully saturated rings. The van der Waals surface area contributed by atoms with Crippen LogP contribution in [0, 0.1) is 6.92 Å². The van der Waals surface area contributed by atoms with Gasteiger partial charge in [-0.05, 0) is 63.1 Å². The number of benzene rings is 2. The van der Waals surface area contributed by atoms with E-state index in [0.29, 0.717) is 22.3 Å². The Hall–Kier alpha value is -2.04. The number of thiazole rings is 1. The van der Waals surface area contributed by atoms with Crippen LogP contribution in [0.25, 0.3) is 10.2 Å². The van der Waals surface area contributed by atoms with E-state index in [1.807, 2.05) is 19.1 Å². The van der Waals surface area contributed by atoms with Gasteiger partial charge in [-0.15, -0.1) is 0 Å². The second-order valence-electron chi connectivity index (χ2n) is 8.95. The molecule has 2 heterocycles. The predicted octanol–water partition coefficient (Wildman–Crippen LogP) is 4.81. The number of morpholine rings is 1. The summed E-state index contributed by atoms with van der Waals surface area (Å²) < 4.78 is 31.8. The van der Waals surface area contributed by atoms with Crippen molar-refractivity contribution < 1.29 is 17.9 Å². The molecule has 0 bridgehead atoms. The highest BCUT2D eigenvalue weighted by atomic mass is 35.5. The van der Waals surface area contributed by atoms with Gasteiger partial charge in [0.2, 0.25) is 0 Å². The number of hydrogen-bond donors (Lipinski definition) is 0. The lowest BCUT2D eigenvalue weighted by molar-refractivity contribution is 0.0376. The lowest BCUT2D eigenvalue weighted by Crippen LogP contribution is -2.39. The van der Waals surface area contributed by atoms with Gasteiger partial charge in [0.25, 0.3) is 5.91 Å². The third-order valence-corrected chi connectivity index (χ3v) is 9.50. The Labute approximate surface area is 215 Å². The van der Waals surface area contributed by atoms with Crippen molar-refractivity contribution in [3.63, 3.8) is 0 Å². The topological polar surface area (TPSA) is 79.8 Å². The molecule has 0 radical (unpaired) electrons. The number of carbonyl (C=O) groups excluding carboxylic acids is 1. The highest BCUT2D eigenvalue weighted by Crippen LogP contribution is 2.34. The minimum Gasteiger partial charge on any atom is -0.379 e. The Bertz CT molecular complexity index is 1320. The lowest BCUT2D eigenvalue weighted by Gasteiger charge is -2.27. The number of amides is 1. The van der Waals surface area contributed by atoms with E-state index in [9.17, 15) is 13.2 Å². The van der Waals surface area contributed by atoms with Crippen LogP contribution in [0.2, 0.25) is 5.02 Å². The zero-order valence-electron chi connectivity index (χ0n) is 20.2. The Morgan fingerprint density at radius 3 is 2.69 bits per heavy atom. The number of nitrogens with zero attached hydrogens (tertiary/aromatic N) is 3. The van der Waals surface area contributed by atoms with Crippen LogP contribution in [0.5, 0.6) is 0 Å². The van der Waals surface area contributed by atoms with E-state index in [1.54, 1.807) is 30.9 Å². The molecule has 10 heteroatoms. The van der Waals surface area contributed by atoms with Crippen molar-refractivity contribution in [3.05, 3.63) is 52.5 Å². The minimum atomic E-state index is -3.50. The second-order valence-corrected chi connectivity index (χ2v) is 12.9. The normalized spacial score (nSPS) is 15.1. The maximum Gasteiger partial charge on any atom is 0.260 e. The van der Waals surface area contributed by atoms with Gasteiger partial charge in [-0.2, -0.15) is 0 Å². The average Bonchev–Trinajstić information content (AvgIpc) is 3.26. The van der Waals surface area contributed by atoms with E-state index in [0.717, 1.165) is 55.0 Å². The van der Waals surface area contributed by atoms with Gasteiger partial charge >= 0.3 is 0 Å². The Morgan fingerprint density at radius 1 is 1.23 bits per heavy atom. The molecule has 1 aliphatic heterocycles. The summed E-state index contributed by atoms with van der Waals surface area (Å²) in [5.41, 5.74) is 2.09. The summed E-state index contributed by atoms with van der Waals surface area (Å²) in [7, 11) is -3.50. The molecular weight excluding hydrogens is 506 g/mol. The first-order chi connectivity index (χ1) is 16.7. The van der Waals surface area contributed by atoms with Crippen LogP contribution in [0.1, 0.15) is 36.2 Å². The molecule has 7 nitrogen and oxygen atoms in total. The average molecular weight is 536 g/mol. The van der Waals surface area contributed by atoms with Crippen LogP contribution in [-0.2, 0) is 14.6 Å². The molecule has 188 valence electrons. The van der Waals surface area contributed by atoms with Gasteiger partial charge in [-0.1, -0.05) is 29.0 Å². The Kier molecular flexibility index (Phi) is 8.12. The maximum absolute atomic E-state index is 13.7. The van der Waals surface area contributed by atoms with Gasteiger partial charge in [-0.3, -0.25) is 14.6 Å². The number of hydrogen-bond acceptors (Lipinski definition) is 7. The Balaban J connectivity index is 1.66. The monoisotopic (exact) mass is 535 g/mol. The van der Waals surface area contributed by atoms with Crippen molar-refractivity contribution in [3.8, 4) is 0 Å². The molecule has 1 saturated heterocycles. The molecule has 0 atom stereocenters. The highest BCUT2D eigenvalue weighted by molar-refractivity contribution is 7.92. The van der Waals surface area contributed by atoms with Gasteiger partial charge in [0.1, 0.15) is 0 Å². The van der Waals surface area contributed by atoms with Crippen LogP contribution in [0.3, 0.4) is 0 Å². The van der Waals surface area contributed by atoms with E-state index in [4.69, 9.17) is 21.3 Å². The van der Waals surface area contributed by atoms with Crippen molar-refractivity contribution in [2.24, 2.45) is 0 Å². The number of ether oxygens (including phenoxy) is 1. The molecule has 1 aliphatic rings. The molecule has 1 aromatic heterocycles. The van der Waals surface area contributed by atoms with Crippen LogP contribution in [0.4, 0.5) is 5.13 Å². The highest BCUT2D eigenvalue weighted by Gasteiger charge is 2.25. The molecule has 3 aromatic rings. The molecule has 1 amide bonds. The Morgan fingerprint density at radius 2 is 1.97 bits per heavy atom. The third kappa shape index (κ3) is 5.86. The first-order valence-electron chi connectivity index (χ1n) is 11.7. The number of anilines is 1. The zero-order chi connectivity index (χ0) is 25.2. The summed E-state index contributed by atoms with van der Waals surface area (Å²) in [6.07, 6.45) is 0.755. The SMILES string of the molecule is Cc1cc(Cl)cc2sc(N(CCCN3CCOCC3)C(=O)c3cccc(S(=O)(=O)C(C)C)c3)nc12. The molecule has 35 heavy (non-hydrogen) atoms. The van der Waals surface area contributed by atoms with Crippen LogP contribution >= 0.6 is 22.9 Å². The predicted molar refractivity (Wildman–Crippen MR) is 142 cm³/mol. The van der Waals surface area contributed by atoms with Crippen molar-refractivity contribution >= 4 is 54.0 Å². The fourth-order valence-corrected chi connectivity index (χ4v) is 6.60. The fraction of sp³-hybridized carbons (Fsp3) is 0.440. The van der Waals surface area contributed by atoms with Crippen LogP contribution in [0.15, 0.2) is 41.3 Å². The summed E-state index contributed by atoms with van der Waals surface area (Å²) in [5.74, 6) is -0.268. The molecule has 0 aliphatic carbocycles. The number of halogens is 1. The molecule has 0 saturated carbocycles. The number of sulfone groups is 1. The molecule has 0 unspecified atom stereocenters. The summed E-state index contributed by atoms with van der Waals surface area (Å²) in [6, 6.07) is 10.0. The van der Waals surface area contributed by atoms with Gasteiger partial charge in [-0.25, -0.2) is 13.4 Å². The number of fused-ring (bicyclic) bond motifs is 1. The van der Waals surface area contributed by atoms with Crippen molar-refractivity contribution in [2.75, 3.05) is 44.3 Å². The fourth-order valence-electron chi connectivity index (χ4n) is 4.05. The van der Waals surface area contributed by atoms with Crippen molar-refractivity contribution in [1.82, 2.24) is 9.88 Å². The molecule has 0 spiro atoms.